The molecule has 0 saturated carbocycles. The van der Waals surface area contributed by atoms with Gasteiger partial charge in [0.25, 0.3) is 5.91 Å². The Balaban J connectivity index is 2.26. The van der Waals surface area contributed by atoms with Crippen LogP contribution in [-0.4, -0.2) is 28.3 Å². The van der Waals surface area contributed by atoms with E-state index in [2.05, 4.69) is 10.4 Å². The van der Waals surface area contributed by atoms with Gasteiger partial charge in [-0.25, -0.2) is 4.79 Å². The van der Waals surface area contributed by atoms with Gasteiger partial charge in [0.15, 0.2) is 0 Å². The maximum Gasteiger partial charge on any atom is 0.343 e. The van der Waals surface area contributed by atoms with Crippen LogP contribution in [0.2, 0.25) is 10.0 Å². The monoisotopic (exact) mass is 341 g/mol. The fraction of sp³-hybridized carbons (Fsp3) is 0.214. The van der Waals surface area contributed by atoms with Gasteiger partial charge in [-0.05, 0) is 25.1 Å². The average molecular weight is 342 g/mol. The molecule has 0 aliphatic rings. The summed E-state index contributed by atoms with van der Waals surface area (Å²) in [5.74, 6) is -0.748. The minimum absolute atomic E-state index is 0.178. The molecule has 0 saturated heterocycles. The molecule has 0 bridgehead atoms. The van der Waals surface area contributed by atoms with E-state index < -0.39 is 11.9 Å². The Morgan fingerprint density at radius 3 is 2.68 bits per heavy atom. The van der Waals surface area contributed by atoms with Gasteiger partial charge in [0, 0.05) is 12.6 Å². The van der Waals surface area contributed by atoms with Gasteiger partial charge in [-0.2, -0.15) is 5.10 Å². The van der Waals surface area contributed by atoms with E-state index >= 15 is 0 Å². The molecular weight excluding hydrogens is 329 g/mol. The first-order valence-corrected chi connectivity index (χ1v) is 7.15. The van der Waals surface area contributed by atoms with Crippen LogP contribution in [0.25, 0.3) is 0 Å². The highest BCUT2D eigenvalue weighted by Gasteiger charge is 2.20. The second-order valence-corrected chi connectivity index (χ2v) is 5.15. The Bertz CT molecular complexity index is 728. The number of amides is 1. The molecule has 0 fully saturated rings. The number of halogens is 2. The fourth-order valence-corrected chi connectivity index (χ4v) is 2.06. The number of hydrogen-bond acceptors (Lipinski definition) is 4. The van der Waals surface area contributed by atoms with Gasteiger partial charge in [0.1, 0.15) is 11.4 Å². The highest BCUT2D eigenvalue weighted by atomic mass is 35.5. The lowest BCUT2D eigenvalue weighted by molar-refractivity contribution is 0.0527. The summed E-state index contributed by atoms with van der Waals surface area (Å²) in [7, 11) is 1.60. The zero-order chi connectivity index (χ0) is 16.3. The Hall–Kier alpha value is -2.05. The minimum atomic E-state index is -0.556. The first-order valence-electron chi connectivity index (χ1n) is 6.39. The van der Waals surface area contributed by atoms with Crippen molar-refractivity contribution in [1.29, 1.82) is 0 Å². The number of esters is 1. The second kappa shape index (κ2) is 6.81. The third-order valence-electron chi connectivity index (χ3n) is 2.85. The van der Waals surface area contributed by atoms with Crippen LogP contribution in [0, 0.1) is 0 Å². The smallest absolute Gasteiger partial charge is 0.343 e. The van der Waals surface area contributed by atoms with E-state index in [1.54, 1.807) is 14.0 Å². The lowest BCUT2D eigenvalue weighted by atomic mass is 10.2. The van der Waals surface area contributed by atoms with Crippen molar-refractivity contribution in [2.45, 2.75) is 6.92 Å². The van der Waals surface area contributed by atoms with E-state index in [0.29, 0.717) is 10.6 Å². The zero-order valence-electron chi connectivity index (χ0n) is 11.9. The van der Waals surface area contributed by atoms with Crippen LogP contribution in [0.3, 0.4) is 0 Å². The van der Waals surface area contributed by atoms with Gasteiger partial charge in [-0.3, -0.25) is 9.48 Å². The molecule has 116 valence electrons. The molecular formula is C14H13Cl2N3O3. The second-order valence-electron chi connectivity index (χ2n) is 4.33. The average Bonchev–Trinajstić information content (AvgIpc) is 2.83. The molecule has 8 heteroatoms. The quantitative estimate of drug-likeness (QED) is 0.867. The fourth-order valence-electron chi connectivity index (χ4n) is 1.76. The third-order valence-corrected chi connectivity index (χ3v) is 3.59. The van der Waals surface area contributed by atoms with Crippen molar-refractivity contribution in [3.63, 3.8) is 0 Å². The molecule has 0 aliphatic carbocycles. The summed E-state index contributed by atoms with van der Waals surface area (Å²) < 4.78 is 6.30. The Morgan fingerprint density at radius 1 is 1.32 bits per heavy atom. The number of nitrogens with one attached hydrogen (secondary N) is 1. The molecule has 0 atom stereocenters. The predicted molar refractivity (Wildman–Crippen MR) is 83.6 cm³/mol. The first kappa shape index (κ1) is 16.3. The Labute approximate surface area is 137 Å². The molecule has 0 spiro atoms. The van der Waals surface area contributed by atoms with Crippen LogP contribution >= 0.6 is 23.2 Å². The van der Waals surface area contributed by atoms with Crippen LogP contribution in [-0.2, 0) is 11.8 Å². The molecule has 0 unspecified atom stereocenters. The van der Waals surface area contributed by atoms with Gasteiger partial charge >= 0.3 is 5.97 Å². The number of anilines is 1. The highest BCUT2D eigenvalue weighted by Crippen LogP contribution is 2.23. The van der Waals surface area contributed by atoms with Crippen molar-refractivity contribution in [2.24, 2.45) is 7.05 Å². The lowest BCUT2D eigenvalue weighted by Crippen LogP contribution is -2.17. The summed E-state index contributed by atoms with van der Waals surface area (Å²) >= 11 is 11.7. The van der Waals surface area contributed by atoms with Gasteiger partial charge in [0.05, 0.1) is 22.8 Å². The van der Waals surface area contributed by atoms with Crippen molar-refractivity contribution in [1.82, 2.24) is 9.78 Å². The van der Waals surface area contributed by atoms with Crippen LogP contribution in [0.15, 0.2) is 24.4 Å². The van der Waals surface area contributed by atoms with Crippen LogP contribution in [0.1, 0.15) is 27.6 Å². The topological polar surface area (TPSA) is 73.2 Å². The van der Waals surface area contributed by atoms with Gasteiger partial charge < -0.3 is 10.1 Å². The number of ether oxygens (including phenoxy) is 1. The van der Waals surface area contributed by atoms with Gasteiger partial charge in [-0.1, -0.05) is 23.2 Å². The number of carbonyl (C=O) groups excluding carboxylic acids is 2. The molecule has 1 aromatic heterocycles. The van der Waals surface area contributed by atoms with E-state index in [4.69, 9.17) is 27.9 Å². The first-order chi connectivity index (χ1) is 10.4. The Kier molecular flexibility index (Phi) is 5.05. The Morgan fingerprint density at radius 2 is 2.05 bits per heavy atom. The summed E-state index contributed by atoms with van der Waals surface area (Å²) in [6.07, 6.45) is 1.34. The minimum Gasteiger partial charge on any atom is -0.462 e. The zero-order valence-corrected chi connectivity index (χ0v) is 13.4. The molecule has 1 aromatic carbocycles. The van der Waals surface area contributed by atoms with E-state index in [1.807, 2.05) is 0 Å². The van der Waals surface area contributed by atoms with Crippen LogP contribution < -0.4 is 5.32 Å². The maximum absolute atomic E-state index is 12.3. The van der Waals surface area contributed by atoms with Crippen LogP contribution in [0.5, 0.6) is 0 Å². The number of hydrogen-bond donors (Lipinski definition) is 1. The summed E-state index contributed by atoms with van der Waals surface area (Å²) in [4.78, 5) is 24.1. The number of aryl methyl sites for hydroxylation is 1. The molecule has 2 rings (SSSR count). The summed E-state index contributed by atoms with van der Waals surface area (Å²) in [6.45, 7) is 1.93. The number of aromatic nitrogens is 2. The molecule has 1 N–H and O–H groups in total. The van der Waals surface area contributed by atoms with Crippen molar-refractivity contribution >= 4 is 40.9 Å². The molecule has 1 heterocycles. The molecule has 22 heavy (non-hydrogen) atoms. The largest absolute Gasteiger partial charge is 0.462 e. The number of benzene rings is 1. The molecule has 2 aromatic rings. The SMILES string of the molecule is CCOC(=O)c1cnn(C)c1NC(=O)c1ccc(Cl)c(Cl)c1. The van der Waals surface area contributed by atoms with E-state index in [-0.39, 0.29) is 23.0 Å². The van der Waals surface area contributed by atoms with Gasteiger partial charge in [-0.15, -0.1) is 0 Å². The summed E-state index contributed by atoms with van der Waals surface area (Å²) in [5, 5.41) is 7.19. The third kappa shape index (κ3) is 3.40. The molecule has 6 nitrogen and oxygen atoms in total. The number of rotatable bonds is 4. The molecule has 0 aliphatic heterocycles. The number of nitrogens with zero attached hydrogens (tertiary/aromatic N) is 2. The van der Waals surface area contributed by atoms with Crippen molar-refractivity contribution in [3.05, 3.63) is 45.6 Å². The van der Waals surface area contributed by atoms with Crippen LogP contribution in [0.4, 0.5) is 5.82 Å². The van der Waals surface area contributed by atoms with Crippen molar-refractivity contribution < 1.29 is 14.3 Å². The lowest BCUT2D eigenvalue weighted by Gasteiger charge is -2.08. The standard InChI is InChI=1S/C14H13Cl2N3O3/c1-3-22-14(21)9-7-17-19(2)12(9)18-13(20)8-4-5-10(15)11(16)6-8/h4-7H,3H2,1-2H3,(H,18,20). The highest BCUT2D eigenvalue weighted by molar-refractivity contribution is 6.42. The van der Waals surface area contributed by atoms with E-state index in [1.165, 1.54) is 29.1 Å². The summed E-state index contributed by atoms with van der Waals surface area (Å²) in [6, 6.07) is 4.50. The number of carbonyl (C=O) groups is 2. The van der Waals surface area contributed by atoms with E-state index in [9.17, 15) is 9.59 Å². The van der Waals surface area contributed by atoms with Crippen molar-refractivity contribution in [2.75, 3.05) is 11.9 Å². The summed E-state index contributed by atoms with van der Waals surface area (Å²) in [5.41, 5.74) is 0.489. The molecule has 1 amide bonds. The predicted octanol–water partition coefficient (Wildman–Crippen LogP) is 3.16. The molecule has 0 radical (unpaired) electrons. The normalized spacial score (nSPS) is 10.4. The maximum atomic E-state index is 12.3. The van der Waals surface area contributed by atoms with Crippen molar-refractivity contribution in [3.8, 4) is 0 Å². The van der Waals surface area contributed by atoms with E-state index in [0.717, 1.165) is 0 Å². The van der Waals surface area contributed by atoms with Gasteiger partial charge in [0.2, 0.25) is 0 Å².